The fraction of sp³-hybridized carbons (Fsp3) is 0.222. The molecule has 0 spiro atoms. The van der Waals surface area contributed by atoms with E-state index in [1.54, 1.807) is 6.07 Å². The summed E-state index contributed by atoms with van der Waals surface area (Å²) >= 11 is 0. The lowest BCUT2D eigenvalue weighted by molar-refractivity contribution is -0.114. The van der Waals surface area contributed by atoms with Gasteiger partial charge in [0.15, 0.2) is 11.6 Å². The number of hydrogen-bond donors (Lipinski definition) is 2. The summed E-state index contributed by atoms with van der Waals surface area (Å²) in [5, 5.41) is 8.25. The molecule has 0 fully saturated rings. The molecule has 0 saturated heterocycles. The van der Waals surface area contributed by atoms with Crippen molar-refractivity contribution in [3.8, 4) is 6.07 Å². The molecular formula is C9H13N3O2. The average Bonchev–Trinajstić information content (AvgIpc) is 2.27. The van der Waals surface area contributed by atoms with Crippen molar-refractivity contribution in [1.82, 2.24) is 0 Å². The topological polar surface area (TPSA) is 110 Å². The van der Waals surface area contributed by atoms with Crippen molar-refractivity contribution in [2.24, 2.45) is 11.5 Å². The van der Waals surface area contributed by atoms with Gasteiger partial charge < -0.3 is 11.5 Å². The normalized spacial score (nSPS) is 12.6. The van der Waals surface area contributed by atoms with Gasteiger partial charge in [-0.1, -0.05) is 0 Å². The minimum atomic E-state index is -0.401. The highest BCUT2D eigenvalue weighted by Gasteiger charge is 2.11. The standard InChI is InChI=1S/C7H3NO2.2CH5N/c8-4-5-3-6(9)1-2-7(5)10;2*1-2/h1-3H;2*2H2,1H3. The van der Waals surface area contributed by atoms with Crippen molar-refractivity contribution in [2.45, 2.75) is 0 Å². The molecule has 0 aromatic heterocycles. The number of ketones is 2. The number of hydrogen-bond acceptors (Lipinski definition) is 5. The van der Waals surface area contributed by atoms with Crippen LogP contribution < -0.4 is 11.5 Å². The lowest BCUT2D eigenvalue weighted by atomic mass is 10.1. The smallest absolute Gasteiger partial charge is 0.196 e. The van der Waals surface area contributed by atoms with Crippen molar-refractivity contribution < 1.29 is 9.59 Å². The molecule has 0 unspecified atom stereocenters. The van der Waals surface area contributed by atoms with Gasteiger partial charge in [-0.25, -0.2) is 0 Å². The van der Waals surface area contributed by atoms with Crippen LogP contribution in [0.3, 0.4) is 0 Å². The number of nitrogens with zero attached hydrogens (tertiary/aromatic N) is 1. The first-order valence-corrected chi connectivity index (χ1v) is 3.77. The Labute approximate surface area is 82.7 Å². The predicted molar refractivity (Wildman–Crippen MR) is 53.1 cm³/mol. The number of allylic oxidation sites excluding steroid dienone is 4. The first-order valence-electron chi connectivity index (χ1n) is 3.77. The van der Waals surface area contributed by atoms with E-state index >= 15 is 0 Å². The lowest BCUT2D eigenvalue weighted by Gasteiger charge is -1.94. The Morgan fingerprint density at radius 1 is 1.14 bits per heavy atom. The maximum Gasteiger partial charge on any atom is 0.196 e. The van der Waals surface area contributed by atoms with E-state index in [2.05, 4.69) is 11.5 Å². The summed E-state index contributed by atoms with van der Waals surface area (Å²) in [6.45, 7) is 0. The Bertz CT molecular complexity index is 298. The van der Waals surface area contributed by atoms with Gasteiger partial charge in [0.25, 0.3) is 0 Å². The average molecular weight is 195 g/mol. The maximum absolute atomic E-state index is 10.6. The van der Waals surface area contributed by atoms with Crippen LogP contribution in [-0.4, -0.2) is 25.7 Å². The van der Waals surface area contributed by atoms with E-state index in [1.807, 2.05) is 0 Å². The van der Waals surface area contributed by atoms with Crippen molar-refractivity contribution in [2.75, 3.05) is 14.1 Å². The quantitative estimate of drug-likeness (QED) is 0.496. The molecule has 0 atom stereocenters. The van der Waals surface area contributed by atoms with Crippen LogP contribution in [0.2, 0.25) is 0 Å². The SMILES string of the molecule is CN.CN.N#CC1=CC(=O)C=CC1=O. The minimum Gasteiger partial charge on any atom is -0.333 e. The van der Waals surface area contributed by atoms with Gasteiger partial charge in [-0.3, -0.25) is 9.59 Å². The Kier molecular flexibility index (Phi) is 9.81. The zero-order valence-corrected chi connectivity index (χ0v) is 8.15. The third-order valence-corrected chi connectivity index (χ3v) is 1.07. The molecule has 1 aliphatic carbocycles. The molecule has 0 amide bonds. The van der Waals surface area contributed by atoms with Crippen LogP contribution in [0.4, 0.5) is 0 Å². The van der Waals surface area contributed by atoms with Gasteiger partial charge in [0.2, 0.25) is 0 Å². The van der Waals surface area contributed by atoms with Crippen molar-refractivity contribution in [3.63, 3.8) is 0 Å². The first kappa shape index (κ1) is 14.7. The number of nitriles is 1. The Morgan fingerprint density at radius 2 is 1.64 bits per heavy atom. The molecular weight excluding hydrogens is 182 g/mol. The second-order valence-electron chi connectivity index (χ2n) is 1.77. The minimum absolute atomic E-state index is 0.0903. The highest BCUT2D eigenvalue weighted by atomic mass is 16.1. The molecule has 1 rings (SSSR count). The molecule has 76 valence electrons. The third kappa shape index (κ3) is 4.98. The summed E-state index contributed by atoms with van der Waals surface area (Å²) in [5.41, 5.74) is 8.91. The summed E-state index contributed by atoms with van der Waals surface area (Å²) < 4.78 is 0. The van der Waals surface area contributed by atoms with Gasteiger partial charge in [-0.05, 0) is 26.2 Å². The molecule has 14 heavy (non-hydrogen) atoms. The summed E-state index contributed by atoms with van der Waals surface area (Å²) in [4.78, 5) is 21.2. The Hall–Kier alpha value is -1.77. The van der Waals surface area contributed by atoms with Gasteiger partial charge in [-0.15, -0.1) is 0 Å². The van der Waals surface area contributed by atoms with E-state index in [-0.39, 0.29) is 11.4 Å². The molecule has 0 aliphatic heterocycles. The molecule has 5 nitrogen and oxygen atoms in total. The number of carbonyl (C=O) groups is 2. The molecule has 0 bridgehead atoms. The van der Waals surface area contributed by atoms with E-state index in [4.69, 9.17) is 5.26 Å². The van der Waals surface area contributed by atoms with E-state index in [1.165, 1.54) is 14.1 Å². The Balaban J connectivity index is 0. The Morgan fingerprint density at radius 3 is 2.00 bits per heavy atom. The molecule has 1 aliphatic rings. The zero-order chi connectivity index (χ0) is 11.6. The van der Waals surface area contributed by atoms with Crippen LogP contribution in [0.1, 0.15) is 0 Å². The highest BCUT2D eigenvalue weighted by Crippen LogP contribution is 2.02. The molecule has 0 aromatic carbocycles. The monoisotopic (exact) mass is 195 g/mol. The fourth-order valence-corrected chi connectivity index (χ4v) is 0.596. The van der Waals surface area contributed by atoms with Crippen LogP contribution in [-0.2, 0) is 9.59 Å². The second kappa shape index (κ2) is 9.32. The largest absolute Gasteiger partial charge is 0.333 e. The van der Waals surface area contributed by atoms with Crippen LogP contribution in [0, 0.1) is 11.3 Å². The number of nitrogens with two attached hydrogens (primary N) is 2. The summed E-state index contributed by atoms with van der Waals surface area (Å²) in [6.07, 6.45) is 3.27. The first-order chi connectivity index (χ1) is 6.74. The van der Waals surface area contributed by atoms with Crippen LogP contribution in [0.5, 0.6) is 0 Å². The van der Waals surface area contributed by atoms with Gasteiger partial charge in [0, 0.05) is 6.08 Å². The molecule has 5 heteroatoms. The number of carbonyl (C=O) groups excluding carboxylic acids is 2. The van der Waals surface area contributed by atoms with Crippen molar-refractivity contribution in [1.29, 1.82) is 5.26 Å². The van der Waals surface area contributed by atoms with Crippen molar-refractivity contribution >= 4 is 11.6 Å². The van der Waals surface area contributed by atoms with Gasteiger partial charge >= 0.3 is 0 Å². The second-order valence-corrected chi connectivity index (χ2v) is 1.77. The number of rotatable bonds is 0. The highest BCUT2D eigenvalue weighted by molar-refractivity contribution is 6.19. The van der Waals surface area contributed by atoms with Crippen LogP contribution >= 0.6 is 0 Å². The third-order valence-electron chi connectivity index (χ3n) is 1.07. The molecule has 0 heterocycles. The summed E-state index contributed by atoms with van der Waals surface area (Å²) in [5.74, 6) is -0.710. The van der Waals surface area contributed by atoms with Gasteiger partial charge in [0.1, 0.15) is 11.6 Å². The fourth-order valence-electron chi connectivity index (χ4n) is 0.596. The van der Waals surface area contributed by atoms with Gasteiger partial charge in [-0.2, -0.15) is 5.26 Å². The molecule has 0 radical (unpaired) electrons. The van der Waals surface area contributed by atoms with E-state index in [0.717, 1.165) is 18.2 Å². The predicted octanol–water partition coefficient (Wildman–Crippen LogP) is -0.706. The van der Waals surface area contributed by atoms with Crippen LogP contribution in [0.25, 0.3) is 0 Å². The molecule has 0 aromatic rings. The van der Waals surface area contributed by atoms with E-state index < -0.39 is 5.78 Å². The maximum atomic E-state index is 10.6. The molecule has 4 N–H and O–H groups in total. The molecule has 0 saturated carbocycles. The van der Waals surface area contributed by atoms with E-state index in [9.17, 15) is 9.59 Å². The lowest BCUT2D eigenvalue weighted by Crippen LogP contribution is -2.05. The van der Waals surface area contributed by atoms with Crippen LogP contribution in [0.15, 0.2) is 23.8 Å². The summed E-state index contributed by atoms with van der Waals surface area (Å²) in [6, 6.07) is 1.62. The van der Waals surface area contributed by atoms with Crippen molar-refractivity contribution in [3.05, 3.63) is 23.8 Å². The van der Waals surface area contributed by atoms with E-state index in [0.29, 0.717) is 0 Å². The summed E-state index contributed by atoms with van der Waals surface area (Å²) in [7, 11) is 3.00. The zero-order valence-electron chi connectivity index (χ0n) is 8.15. The van der Waals surface area contributed by atoms with Gasteiger partial charge in [0.05, 0.1) is 0 Å².